The van der Waals surface area contributed by atoms with Crippen LogP contribution in [0.1, 0.15) is 0 Å². The lowest BCUT2D eigenvalue weighted by atomic mass is 10.6. The predicted molar refractivity (Wildman–Crippen MR) is 26.0 cm³/mol. The Kier molecular flexibility index (Phi) is 2.90. The van der Waals surface area contributed by atoms with Crippen molar-refractivity contribution in [3.8, 4) is 0 Å². The molecule has 0 bridgehead atoms. The van der Waals surface area contributed by atoms with Crippen LogP contribution in [-0.2, 0) is 4.74 Å². The van der Waals surface area contributed by atoms with Gasteiger partial charge in [0.15, 0.2) is 0 Å². The third kappa shape index (κ3) is 3.69. The van der Waals surface area contributed by atoms with Crippen LogP contribution < -0.4 is 0 Å². The molecular formula is C3H5F2N3O. The Hall–Kier alpha value is -0.870. The molecule has 52 valence electrons. The van der Waals surface area contributed by atoms with E-state index in [0.717, 1.165) is 7.11 Å². The zero-order valence-corrected chi connectivity index (χ0v) is 4.71. The lowest BCUT2D eigenvalue weighted by Crippen LogP contribution is -2.18. The highest BCUT2D eigenvalue weighted by Gasteiger charge is 2.26. The second-order valence-corrected chi connectivity index (χ2v) is 1.29. The maximum Gasteiger partial charge on any atom is 0.348 e. The molecule has 0 heterocycles. The molecule has 0 spiro atoms. The number of halogens is 2. The van der Waals surface area contributed by atoms with Crippen LogP contribution in [0.2, 0.25) is 0 Å². The van der Waals surface area contributed by atoms with Crippen LogP contribution in [0.4, 0.5) is 8.78 Å². The maximum absolute atomic E-state index is 11.9. The zero-order chi connectivity index (χ0) is 7.33. The summed E-state index contributed by atoms with van der Waals surface area (Å²) in [5.74, 6) is 0. The molecule has 0 N–H and O–H groups in total. The molecule has 0 aliphatic carbocycles. The van der Waals surface area contributed by atoms with Crippen LogP contribution in [0.3, 0.4) is 0 Å². The highest BCUT2D eigenvalue weighted by molar-refractivity contribution is 4.60. The molecule has 0 fully saturated rings. The number of hydrogen-bond acceptors (Lipinski definition) is 2. The third-order valence-electron chi connectivity index (χ3n) is 0.509. The summed E-state index contributed by atoms with van der Waals surface area (Å²) in [6.07, 6.45) is 0. The number of methoxy groups -OCH3 is 1. The first kappa shape index (κ1) is 8.13. The summed E-state index contributed by atoms with van der Waals surface area (Å²) >= 11 is 0. The SMILES string of the molecule is COCC(F)(F)N=[N+]=[N-]. The van der Waals surface area contributed by atoms with E-state index in [1.54, 1.807) is 0 Å². The number of rotatable bonds is 3. The molecule has 0 aromatic carbocycles. The van der Waals surface area contributed by atoms with Crippen LogP contribution in [0.5, 0.6) is 0 Å². The van der Waals surface area contributed by atoms with Crippen molar-refractivity contribution < 1.29 is 13.5 Å². The summed E-state index contributed by atoms with van der Waals surface area (Å²) in [6, 6.07) is -3.41. The second kappa shape index (κ2) is 3.21. The van der Waals surface area contributed by atoms with Gasteiger partial charge in [0.05, 0.1) is 0 Å². The highest BCUT2D eigenvalue weighted by Crippen LogP contribution is 2.14. The minimum absolute atomic E-state index is 0.878. The van der Waals surface area contributed by atoms with E-state index in [2.05, 4.69) is 9.85 Å². The van der Waals surface area contributed by atoms with E-state index in [9.17, 15) is 8.78 Å². The lowest BCUT2D eigenvalue weighted by molar-refractivity contribution is -0.0578. The molecule has 0 saturated carbocycles. The molecule has 0 amide bonds. The van der Waals surface area contributed by atoms with Gasteiger partial charge in [-0.2, -0.15) is 8.78 Å². The van der Waals surface area contributed by atoms with Crippen molar-refractivity contribution in [2.45, 2.75) is 6.05 Å². The molecule has 4 nitrogen and oxygen atoms in total. The van der Waals surface area contributed by atoms with Crippen LogP contribution in [0.25, 0.3) is 10.4 Å². The highest BCUT2D eigenvalue weighted by atomic mass is 19.3. The van der Waals surface area contributed by atoms with E-state index in [1.165, 1.54) is 0 Å². The van der Waals surface area contributed by atoms with Gasteiger partial charge in [-0.1, -0.05) is 0 Å². The van der Waals surface area contributed by atoms with Crippen molar-refractivity contribution in [2.75, 3.05) is 13.7 Å². The zero-order valence-electron chi connectivity index (χ0n) is 4.71. The quantitative estimate of drug-likeness (QED) is 0.252. The normalized spacial score (nSPS) is 10.6. The fourth-order valence-electron chi connectivity index (χ4n) is 0.268. The maximum atomic E-state index is 11.9. The number of azide groups is 1. The molecule has 0 aromatic rings. The van der Waals surface area contributed by atoms with E-state index in [1.807, 2.05) is 4.91 Å². The Morgan fingerprint density at radius 2 is 2.33 bits per heavy atom. The number of hydrogen-bond donors (Lipinski definition) is 0. The Morgan fingerprint density at radius 3 is 2.67 bits per heavy atom. The minimum Gasteiger partial charge on any atom is -0.378 e. The van der Waals surface area contributed by atoms with Crippen molar-refractivity contribution in [1.82, 2.24) is 0 Å². The van der Waals surface area contributed by atoms with Gasteiger partial charge in [0.2, 0.25) is 0 Å². The minimum atomic E-state index is -3.41. The molecule has 0 aromatic heterocycles. The summed E-state index contributed by atoms with van der Waals surface area (Å²) < 4.78 is 27.8. The summed E-state index contributed by atoms with van der Waals surface area (Å²) in [5, 5.41) is 2.17. The van der Waals surface area contributed by atoms with Crippen molar-refractivity contribution >= 4 is 0 Å². The van der Waals surface area contributed by atoms with Crippen molar-refractivity contribution in [1.29, 1.82) is 0 Å². The van der Waals surface area contributed by atoms with Crippen molar-refractivity contribution in [3.63, 3.8) is 0 Å². The number of alkyl halides is 2. The van der Waals surface area contributed by atoms with Gasteiger partial charge in [-0.05, 0) is 10.6 Å². The standard InChI is InChI=1S/C3H5F2N3O/c1-9-2-3(4,5)7-8-6/h2H2,1H3. The van der Waals surface area contributed by atoms with Crippen LogP contribution in [-0.4, -0.2) is 19.8 Å². The average Bonchev–Trinajstić information content (AvgIpc) is 1.64. The van der Waals surface area contributed by atoms with Crippen LogP contribution >= 0.6 is 0 Å². The first-order valence-corrected chi connectivity index (χ1v) is 2.05. The summed E-state index contributed by atoms with van der Waals surface area (Å²) in [7, 11) is 1.10. The Labute approximate surface area is 50.0 Å². The largest absolute Gasteiger partial charge is 0.378 e. The molecule has 0 radical (unpaired) electrons. The van der Waals surface area contributed by atoms with E-state index in [-0.39, 0.29) is 0 Å². The molecule has 0 atom stereocenters. The smallest absolute Gasteiger partial charge is 0.348 e. The van der Waals surface area contributed by atoms with Crippen LogP contribution in [0.15, 0.2) is 5.11 Å². The molecule has 9 heavy (non-hydrogen) atoms. The number of ether oxygens (including phenoxy) is 1. The Balaban J connectivity index is 3.85. The van der Waals surface area contributed by atoms with E-state index in [4.69, 9.17) is 5.53 Å². The predicted octanol–water partition coefficient (Wildman–Crippen LogP) is 1.54. The van der Waals surface area contributed by atoms with Gasteiger partial charge < -0.3 is 4.74 Å². The van der Waals surface area contributed by atoms with Gasteiger partial charge in [0.1, 0.15) is 6.61 Å². The average molecular weight is 137 g/mol. The van der Waals surface area contributed by atoms with Crippen molar-refractivity contribution in [2.24, 2.45) is 5.11 Å². The first-order chi connectivity index (χ1) is 4.12. The molecule has 0 aliphatic heterocycles. The number of nitrogens with zero attached hydrogens (tertiary/aromatic N) is 3. The summed E-state index contributed by atoms with van der Waals surface area (Å²) in [4.78, 5) is 1.92. The van der Waals surface area contributed by atoms with E-state index >= 15 is 0 Å². The summed E-state index contributed by atoms with van der Waals surface area (Å²) in [5.41, 5.74) is 7.55. The van der Waals surface area contributed by atoms with Gasteiger partial charge in [-0.25, -0.2) is 0 Å². The van der Waals surface area contributed by atoms with Crippen molar-refractivity contribution in [3.05, 3.63) is 10.4 Å². The van der Waals surface area contributed by atoms with Gasteiger partial charge >= 0.3 is 6.05 Å². The Bertz CT molecular complexity index is 131. The third-order valence-corrected chi connectivity index (χ3v) is 0.509. The van der Waals surface area contributed by atoms with E-state index < -0.39 is 12.7 Å². The fraction of sp³-hybridized carbons (Fsp3) is 1.00. The monoisotopic (exact) mass is 137 g/mol. The topological polar surface area (TPSA) is 58.0 Å². The molecule has 0 unspecified atom stereocenters. The van der Waals surface area contributed by atoms with Gasteiger partial charge in [0, 0.05) is 12.0 Å². The van der Waals surface area contributed by atoms with Gasteiger partial charge in [0.25, 0.3) is 0 Å². The molecule has 0 aliphatic rings. The van der Waals surface area contributed by atoms with Gasteiger partial charge in [-0.15, -0.1) is 0 Å². The lowest BCUT2D eigenvalue weighted by Gasteiger charge is -2.05. The van der Waals surface area contributed by atoms with Gasteiger partial charge in [-0.3, -0.25) is 0 Å². The fourth-order valence-corrected chi connectivity index (χ4v) is 0.268. The second-order valence-electron chi connectivity index (χ2n) is 1.29. The molecular weight excluding hydrogens is 132 g/mol. The molecule has 6 heteroatoms. The first-order valence-electron chi connectivity index (χ1n) is 2.05. The summed E-state index contributed by atoms with van der Waals surface area (Å²) in [6.45, 7) is -0.878. The molecule has 0 rings (SSSR count). The van der Waals surface area contributed by atoms with E-state index in [0.29, 0.717) is 0 Å². The molecule has 0 saturated heterocycles. The Morgan fingerprint density at radius 1 is 1.78 bits per heavy atom. The van der Waals surface area contributed by atoms with Crippen LogP contribution in [0, 0.1) is 0 Å².